The molecular formula is C15H24N2. The summed E-state index contributed by atoms with van der Waals surface area (Å²) in [5, 5.41) is 3.64. The quantitative estimate of drug-likeness (QED) is 0.860. The lowest BCUT2D eigenvalue weighted by Gasteiger charge is -2.31. The molecule has 2 heteroatoms. The van der Waals surface area contributed by atoms with Crippen LogP contribution in [0, 0.1) is 0 Å². The van der Waals surface area contributed by atoms with Crippen molar-refractivity contribution in [3.8, 4) is 0 Å². The van der Waals surface area contributed by atoms with Gasteiger partial charge in [-0.1, -0.05) is 26.0 Å². The zero-order valence-corrected chi connectivity index (χ0v) is 11.2. The Morgan fingerprint density at radius 3 is 2.53 bits per heavy atom. The molecule has 1 aliphatic heterocycles. The molecule has 0 radical (unpaired) electrons. The van der Waals surface area contributed by atoms with Crippen molar-refractivity contribution in [2.45, 2.75) is 38.6 Å². The van der Waals surface area contributed by atoms with Crippen LogP contribution in [0.15, 0.2) is 24.3 Å². The SMILES string of the molecule is CC(C)c1ccc(NC2CCCN(C)C2)cc1. The van der Waals surface area contributed by atoms with Crippen molar-refractivity contribution in [1.82, 2.24) is 4.90 Å². The van der Waals surface area contributed by atoms with Crippen molar-refractivity contribution < 1.29 is 0 Å². The molecule has 94 valence electrons. The molecule has 0 bridgehead atoms. The molecule has 1 N–H and O–H groups in total. The molecule has 2 nitrogen and oxygen atoms in total. The van der Waals surface area contributed by atoms with E-state index in [1.807, 2.05) is 0 Å². The number of nitrogens with one attached hydrogen (secondary N) is 1. The average Bonchev–Trinajstić information content (AvgIpc) is 2.29. The highest BCUT2D eigenvalue weighted by Gasteiger charge is 2.16. The van der Waals surface area contributed by atoms with Crippen molar-refractivity contribution in [2.24, 2.45) is 0 Å². The van der Waals surface area contributed by atoms with Gasteiger partial charge in [0.25, 0.3) is 0 Å². The van der Waals surface area contributed by atoms with Crippen LogP contribution in [0.5, 0.6) is 0 Å². The second kappa shape index (κ2) is 5.54. The number of hydrogen-bond donors (Lipinski definition) is 1. The first kappa shape index (κ1) is 12.4. The van der Waals surface area contributed by atoms with Gasteiger partial charge in [0.2, 0.25) is 0 Å². The van der Waals surface area contributed by atoms with Gasteiger partial charge in [-0.25, -0.2) is 0 Å². The van der Waals surface area contributed by atoms with Crippen LogP contribution in [0.25, 0.3) is 0 Å². The zero-order chi connectivity index (χ0) is 12.3. The molecule has 1 saturated heterocycles. The maximum Gasteiger partial charge on any atom is 0.0388 e. The van der Waals surface area contributed by atoms with Crippen LogP contribution >= 0.6 is 0 Å². The van der Waals surface area contributed by atoms with Gasteiger partial charge < -0.3 is 10.2 Å². The van der Waals surface area contributed by atoms with Gasteiger partial charge in [0, 0.05) is 18.3 Å². The number of likely N-dealkylation sites (tertiary alicyclic amines) is 1. The summed E-state index contributed by atoms with van der Waals surface area (Å²) in [6, 6.07) is 9.51. The molecular weight excluding hydrogens is 208 g/mol. The lowest BCUT2D eigenvalue weighted by molar-refractivity contribution is 0.261. The summed E-state index contributed by atoms with van der Waals surface area (Å²) in [6.07, 6.45) is 2.59. The second-order valence-corrected chi connectivity index (χ2v) is 5.52. The number of nitrogens with zero attached hydrogens (tertiary/aromatic N) is 1. The van der Waals surface area contributed by atoms with Crippen molar-refractivity contribution in [3.63, 3.8) is 0 Å². The Morgan fingerprint density at radius 2 is 1.94 bits per heavy atom. The number of piperidine rings is 1. The smallest absolute Gasteiger partial charge is 0.0388 e. The van der Waals surface area contributed by atoms with E-state index in [0.717, 1.165) is 6.54 Å². The summed E-state index contributed by atoms with van der Waals surface area (Å²) in [4.78, 5) is 2.41. The fourth-order valence-corrected chi connectivity index (χ4v) is 2.48. The molecule has 1 fully saturated rings. The van der Waals surface area contributed by atoms with E-state index in [1.165, 1.54) is 30.6 Å². The molecule has 2 rings (SSSR count). The molecule has 1 atom stereocenters. The molecule has 0 aromatic heterocycles. The summed E-state index contributed by atoms with van der Waals surface area (Å²) in [6.45, 7) is 6.87. The van der Waals surface area contributed by atoms with Crippen LogP contribution in [0.4, 0.5) is 5.69 Å². The second-order valence-electron chi connectivity index (χ2n) is 5.52. The number of anilines is 1. The Kier molecular flexibility index (Phi) is 4.06. The van der Waals surface area contributed by atoms with Crippen LogP contribution in [0.1, 0.15) is 38.2 Å². The van der Waals surface area contributed by atoms with E-state index in [4.69, 9.17) is 0 Å². The lowest BCUT2D eigenvalue weighted by Crippen LogP contribution is -2.39. The lowest BCUT2D eigenvalue weighted by atomic mass is 10.0. The van der Waals surface area contributed by atoms with E-state index in [0.29, 0.717) is 12.0 Å². The summed E-state index contributed by atoms with van der Waals surface area (Å²) >= 11 is 0. The van der Waals surface area contributed by atoms with Gasteiger partial charge in [0.15, 0.2) is 0 Å². The van der Waals surface area contributed by atoms with Gasteiger partial charge >= 0.3 is 0 Å². The molecule has 1 heterocycles. The Balaban J connectivity index is 1.94. The van der Waals surface area contributed by atoms with Gasteiger partial charge in [-0.05, 0) is 50.0 Å². The monoisotopic (exact) mass is 232 g/mol. The number of hydrogen-bond acceptors (Lipinski definition) is 2. The third-order valence-electron chi connectivity index (χ3n) is 3.57. The van der Waals surface area contributed by atoms with Crippen LogP contribution < -0.4 is 5.32 Å². The van der Waals surface area contributed by atoms with E-state index in [-0.39, 0.29) is 0 Å². The predicted molar refractivity (Wildman–Crippen MR) is 74.7 cm³/mol. The normalized spacial score (nSPS) is 21.8. The van der Waals surface area contributed by atoms with E-state index in [2.05, 4.69) is 55.4 Å². The van der Waals surface area contributed by atoms with Crippen LogP contribution in [0.3, 0.4) is 0 Å². The minimum atomic E-state index is 0.610. The fourth-order valence-electron chi connectivity index (χ4n) is 2.48. The Hall–Kier alpha value is -1.02. The van der Waals surface area contributed by atoms with Gasteiger partial charge in [-0.3, -0.25) is 0 Å². The fraction of sp³-hybridized carbons (Fsp3) is 0.600. The molecule has 1 aromatic rings. The highest BCUT2D eigenvalue weighted by Crippen LogP contribution is 2.19. The Morgan fingerprint density at radius 1 is 1.24 bits per heavy atom. The molecule has 0 spiro atoms. The first-order valence-electron chi connectivity index (χ1n) is 6.70. The predicted octanol–water partition coefficient (Wildman–Crippen LogP) is 3.32. The summed E-state index contributed by atoms with van der Waals surface area (Å²) < 4.78 is 0. The van der Waals surface area contributed by atoms with Gasteiger partial charge in [-0.15, -0.1) is 0 Å². The molecule has 1 unspecified atom stereocenters. The highest BCUT2D eigenvalue weighted by atomic mass is 15.1. The van der Waals surface area contributed by atoms with Crippen molar-refractivity contribution in [3.05, 3.63) is 29.8 Å². The first-order valence-corrected chi connectivity index (χ1v) is 6.70. The number of benzene rings is 1. The Bertz CT molecular complexity index is 342. The van der Waals surface area contributed by atoms with Crippen LogP contribution in [0.2, 0.25) is 0 Å². The van der Waals surface area contributed by atoms with Gasteiger partial charge in [-0.2, -0.15) is 0 Å². The standard InChI is InChI=1S/C15H24N2/c1-12(2)13-6-8-14(9-7-13)16-15-5-4-10-17(3)11-15/h6-9,12,15-16H,4-5,10-11H2,1-3H3. The van der Waals surface area contributed by atoms with E-state index >= 15 is 0 Å². The van der Waals surface area contributed by atoms with Gasteiger partial charge in [0.1, 0.15) is 0 Å². The number of rotatable bonds is 3. The molecule has 0 amide bonds. The maximum atomic E-state index is 3.64. The largest absolute Gasteiger partial charge is 0.381 e. The van der Waals surface area contributed by atoms with Crippen LogP contribution in [-0.2, 0) is 0 Å². The molecule has 0 aliphatic carbocycles. The zero-order valence-electron chi connectivity index (χ0n) is 11.2. The Labute approximate surface area is 105 Å². The topological polar surface area (TPSA) is 15.3 Å². The molecule has 1 aromatic carbocycles. The van der Waals surface area contributed by atoms with Crippen molar-refractivity contribution in [2.75, 3.05) is 25.5 Å². The highest BCUT2D eigenvalue weighted by molar-refractivity contribution is 5.46. The molecule has 0 saturated carbocycles. The third kappa shape index (κ3) is 3.47. The summed E-state index contributed by atoms with van der Waals surface area (Å²) in [5.41, 5.74) is 2.67. The average molecular weight is 232 g/mol. The first-order chi connectivity index (χ1) is 8.15. The number of likely N-dealkylation sites (N-methyl/N-ethyl adjacent to an activating group) is 1. The van der Waals surface area contributed by atoms with E-state index < -0.39 is 0 Å². The van der Waals surface area contributed by atoms with Crippen LogP contribution in [-0.4, -0.2) is 31.1 Å². The van der Waals surface area contributed by atoms with Crippen molar-refractivity contribution in [1.29, 1.82) is 0 Å². The maximum absolute atomic E-state index is 3.64. The minimum Gasteiger partial charge on any atom is -0.381 e. The van der Waals surface area contributed by atoms with Gasteiger partial charge in [0.05, 0.1) is 0 Å². The van der Waals surface area contributed by atoms with E-state index in [1.54, 1.807) is 0 Å². The minimum absolute atomic E-state index is 0.610. The summed E-state index contributed by atoms with van der Waals surface area (Å²) in [7, 11) is 2.20. The molecule has 17 heavy (non-hydrogen) atoms. The third-order valence-corrected chi connectivity index (χ3v) is 3.57. The molecule has 1 aliphatic rings. The summed E-state index contributed by atoms with van der Waals surface area (Å²) in [5.74, 6) is 0.616. The van der Waals surface area contributed by atoms with E-state index in [9.17, 15) is 0 Å². The van der Waals surface area contributed by atoms with Crippen molar-refractivity contribution >= 4 is 5.69 Å².